The fourth-order valence-electron chi connectivity index (χ4n) is 10.4. The van der Waals surface area contributed by atoms with Crippen LogP contribution < -0.4 is 25.5 Å². The first-order chi connectivity index (χ1) is 37.2. The van der Waals surface area contributed by atoms with Gasteiger partial charge in [0.25, 0.3) is 0 Å². The van der Waals surface area contributed by atoms with Gasteiger partial charge in [-0.25, -0.2) is 16.8 Å². The van der Waals surface area contributed by atoms with Crippen LogP contribution in [0.25, 0.3) is 26.5 Å². The van der Waals surface area contributed by atoms with Gasteiger partial charge in [-0.3, -0.25) is 10.1 Å². The van der Waals surface area contributed by atoms with E-state index in [2.05, 4.69) is 47.8 Å². The van der Waals surface area contributed by atoms with Crippen molar-refractivity contribution >= 4 is 112 Å². The lowest BCUT2D eigenvalue weighted by Gasteiger charge is -2.27. The number of rotatable bonds is 18. The second-order valence-corrected chi connectivity index (χ2v) is 24.1. The first kappa shape index (κ1) is 58.0. The minimum atomic E-state index is -4.66. The van der Waals surface area contributed by atoms with E-state index in [1.54, 1.807) is 30.3 Å². The summed E-state index contributed by atoms with van der Waals surface area (Å²) in [6.45, 7) is 8.58. The van der Waals surface area contributed by atoms with Crippen molar-refractivity contribution in [3.8, 4) is 5.75 Å². The second kappa shape index (κ2) is 24.5. The van der Waals surface area contributed by atoms with Crippen molar-refractivity contribution in [2.75, 3.05) is 41.9 Å². The Morgan fingerprint density at radius 2 is 1.53 bits per heavy atom. The summed E-state index contributed by atoms with van der Waals surface area (Å²) < 4.78 is 87.3. The van der Waals surface area contributed by atoms with E-state index in [9.17, 15) is 36.5 Å². The third-order valence-electron chi connectivity index (χ3n) is 13.8. The van der Waals surface area contributed by atoms with Crippen molar-refractivity contribution in [2.45, 2.75) is 67.6 Å². The molecule has 2 aliphatic heterocycles. The van der Waals surface area contributed by atoms with Gasteiger partial charge in [0.2, 0.25) is 16.8 Å². The molecule has 0 fully saturated rings. The highest BCUT2D eigenvalue weighted by Crippen LogP contribution is 2.52. The summed E-state index contributed by atoms with van der Waals surface area (Å²) in [6.07, 6.45) is 10.1. The third kappa shape index (κ3) is 12.8. The Bertz CT molecular complexity index is 3710. The molecule has 0 radical (unpaired) electrons. The molecule has 6 aromatic carbocycles. The van der Waals surface area contributed by atoms with Gasteiger partial charge in [-0.1, -0.05) is 74.0 Å². The average molecular weight is 1150 g/mol. The normalized spacial score (nSPS) is 17.0. The Labute approximate surface area is 465 Å². The summed E-state index contributed by atoms with van der Waals surface area (Å²) in [4.78, 5) is 5.58. The predicted octanol–water partition coefficient (Wildman–Crippen LogP) is 10.7. The van der Waals surface area contributed by atoms with Crippen molar-refractivity contribution < 1.29 is 64.5 Å². The molecule has 3 aliphatic rings. The number of benzene rings is 6. The molecule has 0 saturated heterocycles. The van der Waals surface area contributed by atoms with Gasteiger partial charge in [0.15, 0.2) is 17.2 Å². The smallest absolute Gasteiger partial charge is 0.426 e. The average Bonchev–Trinajstić information content (AvgIpc) is 4.05. The van der Waals surface area contributed by atoms with Crippen molar-refractivity contribution in [1.82, 2.24) is 0 Å². The molecule has 0 spiro atoms. The Kier molecular flexibility index (Phi) is 18.2. The molecular formula is C55H52ClN5O13S4-2. The second-order valence-electron chi connectivity index (χ2n) is 19.3. The molecule has 1 aliphatic carbocycles. The molecule has 0 amide bonds. The molecule has 0 unspecified atom stereocenters. The number of hydrogen-bond acceptors (Lipinski definition) is 18. The third-order valence-corrected chi connectivity index (χ3v) is 16.9. The lowest BCUT2D eigenvalue weighted by atomic mass is 9.78. The van der Waals surface area contributed by atoms with Gasteiger partial charge in [0.05, 0.1) is 35.2 Å². The van der Waals surface area contributed by atoms with E-state index >= 15 is 0 Å². The van der Waals surface area contributed by atoms with Crippen LogP contribution in [-0.2, 0) is 49.8 Å². The Balaban J connectivity index is 0.000000400. The number of nitrogens with one attached hydrogen (secondary N) is 1. The number of hydrogen-bond donors (Lipinski definition) is 1. The molecule has 0 aromatic heterocycles. The Morgan fingerprint density at radius 1 is 0.808 bits per heavy atom. The van der Waals surface area contributed by atoms with Crippen LogP contribution in [0.3, 0.4) is 0 Å². The largest absolute Gasteiger partial charge is 0.748 e. The minimum absolute atomic E-state index is 0.0566. The van der Waals surface area contributed by atoms with Gasteiger partial charge in [0.1, 0.15) is 20.2 Å². The molecule has 0 atom stereocenters. The van der Waals surface area contributed by atoms with E-state index in [0.717, 1.165) is 103 Å². The number of diazo groups is 1. The maximum atomic E-state index is 11.9. The molecule has 1 N–H and O–H groups in total. The highest BCUT2D eigenvalue weighted by atomic mass is 35.5. The predicted molar refractivity (Wildman–Crippen MR) is 296 cm³/mol. The van der Waals surface area contributed by atoms with Gasteiger partial charge in [-0.05, 0) is 132 Å². The number of methoxy groups -OCH3 is 1. The van der Waals surface area contributed by atoms with E-state index in [4.69, 9.17) is 21.7 Å². The van der Waals surface area contributed by atoms with Crippen LogP contribution in [0.2, 0.25) is 0 Å². The zero-order chi connectivity index (χ0) is 56.0. The summed E-state index contributed by atoms with van der Waals surface area (Å²) in [5.41, 5.74) is 8.03. The number of allylic oxidation sites excluding steroid dienone is 8. The molecule has 0 saturated carbocycles. The van der Waals surface area contributed by atoms with Crippen LogP contribution in [0.1, 0.15) is 58.1 Å². The zero-order valence-electron chi connectivity index (χ0n) is 42.8. The van der Waals surface area contributed by atoms with Crippen LogP contribution in [0.15, 0.2) is 165 Å². The quantitative estimate of drug-likeness (QED) is 0.0160. The molecule has 6 aromatic rings. The van der Waals surface area contributed by atoms with Crippen molar-refractivity contribution in [1.29, 1.82) is 5.39 Å². The van der Waals surface area contributed by atoms with Crippen LogP contribution >= 0.6 is 35.7 Å². The highest BCUT2D eigenvalue weighted by Gasteiger charge is 2.46. The van der Waals surface area contributed by atoms with Crippen molar-refractivity contribution in [2.24, 2.45) is 0 Å². The molecule has 0 bridgehead atoms. The SMILES string of the molecule is CC1(C)C(/C=C/C2=C(Cl)C(=C/C=C3/N(CCSOO[O-])c4ccc5cc(S(=O)(=O)[O-])ccc5c4C3(C)C)/CCC2)=[N+](CCS(=O)(=O)[O-])c2ccc3cc(SOO[O-])ccc3c21.COc1cc(Nc2ccccc2)ccc1[N+]#N. The van der Waals surface area contributed by atoms with Gasteiger partial charge in [0, 0.05) is 92.3 Å². The van der Waals surface area contributed by atoms with Gasteiger partial charge in [-0.15, -0.1) is 0 Å². The summed E-state index contributed by atoms with van der Waals surface area (Å²) in [7, 11) is -7.67. The maximum absolute atomic E-state index is 11.9. The molecule has 9 rings (SSSR count). The van der Waals surface area contributed by atoms with E-state index in [1.807, 2.05) is 109 Å². The van der Waals surface area contributed by atoms with Crippen molar-refractivity contribution in [3.05, 3.63) is 171 Å². The highest BCUT2D eigenvalue weighted by molar-refractivity contribution is 7.94. The first-order valence-electron chi connectivity index (χ1n) is 24.2. The van der Waals surface area contributed by atoms with Gasteiger partial charge >= 0.3 is 5.69 Å². The number of fused-ring (bicyclic) bond motifs is 6. The van der Waals surface area contributed by atoms with Crippen LogP contribution in [0.4, 0.5) is 28.4 Å². The molecule has 18 nitrogen and oxygen atoms in total. The number of halogens is 1. The fourth-order valence-corrected chi connectivity index (χ4v) is 12.4. The lowest BCUT2D eigenvalue weighted by Crippen LogP contribution is -2.29. The van der Waals surface area contributed by atoms with E-state index in [1.165, 1.54) is 19.2 Å². The van der Waals surface area contributed by atoms with Crippen LogP contribution in [0.5, 0.6) is 5.75 Å². The topological polar surface area (TPSA) is 253 Å². The lowest BCUT2D eigenvalue weighted by molar-refractivity contribution is -0.777. The molecule has 2 heterocycles. The van der Waals surface area contributed by atoms with E-state index in [-0.39, 0.29) is 11.4 Å². The minimum Gasteiger partial charge on any atom is -0.748 e. The molecule has 78 heavy (non-hydrogen) atoms. The Hall–Kier alpha value is -6.14. The zero-order valence-corrected chi connectivity index (χ0v) is 46.8. The standard InChI is InChI=1S/C42H43ClN2O12S4.C13H12N3O/c1-41(2)36(44(20-22-58-56-54-46)34-17-9-29-25-31(61(51,52)53)13-15-33(29)39(34)41)18-10-26-6-5-7-27(40(26)43)11-19-37-42(3,4)38-32-14-12-30(59-57-55-47)24-28(32)8-16-35(38)45(37)21-23-60(48,49)50;1-17-13-9-11(7-8-12(13)16-14)15-10-5-3-2-4-6-10/h8-19,24-25H,5-7,20-23H2,1-4H3,(H3-,46,47,48,49,50,51,52,53);2-9,15H,1H3/q;+1/p-3. The van der Waals surface area contributed by atoms with Crippen LogP contribution in [0, 0.1) is 5.39 Å². The fraction of sp³-hybridized carbons (Fsp3) is 0.255. The summed E-state index contributed by atoms with van der Waals surface area (Å²) in [5, 5.41) is 43.7. The summed E-state index contributed by atoms with van der Waals surface area (Å²) in [5.74, 6) is 0.291. The number of nitrogens with zero attached hydrogens (tertiary/aromatic N) is 4. The molecule has 408 valence electrons. The number of anilines is 3. The summed E-state index contributed by atoms with van der Waals surface area (Å²) >= 11 is 8.85. The monoisotopic (exact) mass is 1150 g/mol. The van der Waals surface area contributed by atoms with Gasteiger partial charge in [-0.2, -0.15) is 13.2 Å². The van der Waals surface area contributed by atoms with Crippen molar-refractivity contribution in [3.63, 3.8) is 0 Å². The molecular weight excluding hydrogens is 1100 g/mol. The number of ether oxygens (including phenoxy) is 1. The summed E-state index contributed by atoms with van der Waals surface area (Å²) in [6, 6.07) is 32.5. The van der Waals surface area contributed by atoms with Crippen LogP contribution in [-0.4, -0.2) is 67.9 Å². The molecule has 23 heteroatoms. The first-order valence-corrected chi connectivity index (χ1v) is 29.2. The van der Waals surface area contributed by atoms with E-state index in [0.29, 0.717) is 51.9 Å². The maximum Gasteiger partial charge on any atom is 0.426 e. The van der Waals surface area contributed by atoms with E-state index < -0.39 is 36.8 Å². The number of para-hydroxylation sites is 1. The van der Waals surface area contributed by atoms with Gasteiger partial charge < -0.3 is 34.6 Å². The Morgan fingerprint density at radius 3 is 2.23 bits per heavy atom.